The molecule has 3 aromatic carbocycles. The molecule has 3 aromatic rings. The normalized spacial score (nSPS) is 12.8. The van der Waals surface area contributed by atoms with Gasteiger partial charge in [0.05, 0.1) is 13.2 Å². The molecule has 7 heteroatoms. The van der Waals surface area contributed by atoms with Crippen LogP contribution in [0.25, 0.3) is 10.8 Å². The van der Waals surface area contributed by atoms with Crippen LogP contribution in [0.3, 0.4) is 0 Å². The van der Waals surface area contributed by atoms with Gasteiger partial charge in [-0.05, 0) is 48.0 Å². The minimum atomic E-state index is -1.06. The molecule has 0 radical (unpaired) electrons. The van der Waals surface area contributed by atoms with E-state index in [1.807, 2.05) is 80.7 Å². The Balaban J connectivity index is 0.000000575. The minimum Gasteiger partial charge on any atom is -0.550 e. The summed E-state index contributed by atoms with van der Waals surface area (Å²) in [6.07, 6.45) is -0.420. The van der Waals surface area contributed by atoms with E-state index in [1.165, 1.54) is 0 Å². The summed E-state index contributed by atoms with van der Waals surface area (Å²) in [7, 11) is 3.46. The van der Waals surface area contributed by atoms with Gasteiger partial charge in [-0.15, -0.1) is 12.4 Å². The smallest absolute Gasteiger partial charge is 0.550 e. The van der Waals surface area contributed by atoms with Gasteiger partial charge in [-0.1, -0.05) is 61.5 Å². The number of hydrogen-bond acceptors (Lipinski definition) is 5. The van der Waals surface area contributed by atoms with Crippen molar-refractivity contribution >= 4 is 29.1 Å². The van der Waals surface area contributed by atoms with Gasteiger partial charge in [-0.2, -0.15) is 0 Å². The molecule has 0 saturated carbocycles. The van der Waals surface area contributed by atoms with Gasteiger partial charge in [-0.3, -0.25) is 0 Å². The fourth-order valence-corrected chi connectivity index (χ4v) is 2.87. The molecule has 0 aliphatic rings. The molecule has 0 aliphatic carbocycles. The van der Waals surface area contributed by atoms with Crippen LogP contribution in [0.5, 0.6) is 5.75 Å². The quantitative estimate of drug-likeness (QED) is 0.530. The van der Waals surface area contributed by atoms with Crippen molar-refractivity contribution in [3.63, 3.8) is 0 Å². The second kappa shape index (κ2) is 14.5. The fraction of sp³-hybridized carbons (Fsp3) is 0.292. The first kappa shape index (κ1) is 29.4. The van der Waals surface area contributed by atoms with Crippen molar-refractivity contribution in [2.45, 2.75) is 31.9 Å². The van der Waals surface area contributed by atoms with E-state index < -0.39 is 18.0 Å². The van der Waals surface area contributed by atoms with Gasteiger partial charge in [0.1, 0.15) is 5.75 Å². The third-order valence-corrected chi connectivity index (χ3v) is 5.00. The van der Waals surface area contributed by atoms with Crippen molar-refractivity contribution in [1.29, 1.82) is 0 Å². The van der Waals surface area contributed by atoms with Crippen molar-refractivity contribution in [2.75, 3.05) is 14.2 Å². The molecule has 162 valence electrons. The molecule has 0 bridgehead atoms. The predicted octanol–water partition coefficient (Wildman–Crippen LogP) is 0.456. The number of halogens is 1. The zero-order valence-electron chi connectivity index (χ0n) is 18.7. The number of methoxy groups -OCH3 is 1. The van der Waals surface area contributed by atoms with Crippen molar-refractivity contribution in [3.8, 4) is 5.75 Å². The molecule has 5 nitrogen and oxygen atoms in total. The SMILES string of the molecule is CNC(C)C(O)c1ccccc1.COc1ccc2cc(C(C)C(=O)[O-])ccc2c1.Cl.[Na+]. The largest absolute Gasteiger partial charge is 1.00 e. The summed E-state index contributed by atoms with van der Waals surface area (Å²) in [5, 5.41) is 25.6. The molecule has 3 unspecified atom stereocenters. The van der Waals surface area contributed by atoms with Crippen molar-refractivity contribution in [2.24, 2.45) is 0 Å². The van der Waals surface area contributed by atoms with E-state index in [0.29, 0.717) is 0 Å². The molecule has 0 spiro atoms. The number of carboxylic acid groups (broad SMARTS) is 1. The Hall–Kier alpha value is -1.60. The topological polar surface area (TPSA) is 81.6 Å². The number of aliphatic hydroxyl groups excluding tert-OH is 1. The summed E-state index contributed by atoms with van der Waals surface area (Å²) >= 11 is 0. The molecule has 0 saturated heterocycles. The molecule has 0 aliphatic heterocycles. The van der Waals surface area contributed by atoms with Crippen LogP contribution in [0.2, 0.25) is 0 Å². The van der Waals surface area contributed by atoms with Crippen LogP contribution < -0.4 is 44.7 Å². The van der Waals surface area contributed by atoms with E-state index >= 15 is 0 Å². The van der Waals surface area contributed by atoms with Crippen LogP contribution >= 0.6 is 12.4 Å². The maximum absolute atomic E-state index is 10.8. The third-order valence-electron chi connectivity index (χ3n) is 5.00. The van der Waals surface area contributed by atoms with E-state index in [4.69, 9.17) is 4.74 Å². The number of carbonyl (C=O) groups excluding carboxylic acids is 1. The van der Waals surface area contributed by atoms with E-state index in [0.717, 1.165) is 27.6 Å². The monoisotopic (exact) mass is 453 g/mol. The molecular formula is C24H29ClNNaO4. The Morgan fingerprint density at radius 3 is 2.10 bits per heavy atom. The molecule has 2 N–H and O–H groups in total. The zero-order chi connectivity index (χ0) is 21.4. The number of nitrogens with one attached hydrogen (secondary N) is 1. The Morgan fingerprint density at radius 1 is 0.968 bits per heavy atom. The van der Waals surface area contributed by atoms with Gasteiger partial charge < -0.3 is 25.1 Å². The maximum Gasteiger partial charge on any atom is 1.00 e. The molecule has 0 fully saturated rings. The van der Waals surface area contributed by atoms with Crippen LogP contribution in [0.15, 0.2) is 66.7 Å². The molecule has 3 rings (SSSR count). The number of ether oxygens (including phenoxy) is 1. The Morgan fingerprint density at radius 2 is 1.55 bits per heavy atom. The number of aliphatic hydroxyl groups is 1. The van der Waals surface area contributed by atoms with Gasteiger partial charge in [-0.25, -0.2) is 0 Å². The van der Waals surface area contributed by atoms with Crippen molar-refractivity contribution in [1.82, 2.24) is 5.32 Å². The first-order valence-corrected chi connectivity index (χ1v) is 9.56. The third kappa shape index (κ3) is 8.45. The average molecular weight is 454 g/mol. The van der Waals surface area contributed by atoms with Crippen LogP contribution in [0.4, 0.5) is 0 Å². The number of aliphatic carboxylic acids is 1. The number of carboxylic acids is 1. The summed E-state index contributed by atoms with van der Waals surface area (Å²) < 4.78 is 5.13. The number of benzene rings is 3. The van der Waals surface area contributed by atoms with Gasteiger partial charge in [0.25, 0.3) is 0 Å². The van der Waals surface area contributed by atoms with Crippen LogP contribution in [0, 0.1) is 0 Å². The first-order valence-electron chi connectivity index (χ1n) is 9.56. The Kier molecular flexibility index (Phi) is 13.7. The molecule has 3 atom stereocenters. The number of likely N-dealkylation sites (N-methyl/N-ethyl adjacent to an activating group) is 1. The van der Waals surface area contributed by atoms with Crippen molar-refractivity contribution in [3.05, 3.63) is 77.9 Å². The van der Waals surface area contributed by atoms with E-state index in [9.17, 15) is 15.0 Å². The van der Waals surface area contributed by atoms with Crippen LogP contribution in [-0.4, -0.2) is 31.3 Å². The number of rotatable bonds is 6. The number of carbonyl (C=O) groups is 1. The Bertz CT molecular complexity index is 939. The van der Waals surface area contributed by atoms with E-state index in [-0.39, 0.29) is 48.0 Å². The molecular weight excluding hydrogens is 425 g/mol. The van der Waals surface area contributed by atoms with Crippen LogP contribution in [-0.2, 0) is 4.79 Å². The maximum atomic E-state index is 10.8. The van der Waals surface area contributed by atoms with E-state index in [1.54, 1.807) is 14.0 Å². The van der Waals surface area contributed by atoms with Gasteiger partial charge >= 0.3 is 29.6 Å². The van der Waals surface area contributed by atoms with Gasteiger partial charge in [0, 0.05) is 17.9 Å². The molecule has 0 amide bonds. The summed E-state index contributed by atoms with van der Waals surface area (Å²) in [4.78, 5) is 10.8. The Labute approximate surface area is 212 Å². The summed E-state index contributed by atoms with van der Waals surface area (Å²) in [5.41, 5.74) is 1.71. The number of fused-ring (bicyclic) bond motifs is 1. The van der Waals surface area contributed by atoms with Gasteiger partial charge in [0.2, 0.25) is 0 Å². The van der Waals surface area contributed by atoms with Gasteiger partial charge in [0.15, 0.2) is 0 Å². The first-order chi connectivity index (χ1) is 13.9. The molecule has 31 heavy (non-hydrogen) atoms. The van der Waals surface area contributed by atoms with Crippen molar-refractivity contribution < 1.29 is 49.3 Å². The summed E-state index contributed by atoms with van der Waals surface area (Å²) in [6.45, 7) is 3.58. The predicted molar refractivity (Wildman–Crippen MR) is 121 cm³/mol. The fourth-order valence-electron chi connectivity index (χ4n) is 2.87. The number of hydrogen-bond donors (Lipinski definition) is 2. The molecule has 0 heterocycles. The standard InChI is InChI=1S/C14H14O3.C10H15NO.ClH.Na/c1-9(14(15)16)10-3-4-12-8-13(17-2)6-5-11(12)7-10;1-8(11-2)10(12)9-6-4-3-5-7-9;;/h3-9H,1-2H3,(H,15,16);3-8,10-12H,1-2H3;1H;/q;;;+1/p-1. The summed E-state index contributed by atoms with van der Waals surface area (Å²) in [5.74, 6) is -0.863. The second-order valence-corrected chi connectivity index (χ2v) is 6.95. The van der Waals surface area contributed by atoms with Crippen LogP contribution in [0.1, 0.15) is 37.0 Å². The molecule has 0 aromatic heterocycles. The zero-order valence-corrected chi connectivity index (χ0v) is 21.5. The van der Waals surface area contributed by atoms with E-state index in [2.05, 4.69) is 5.32 Å². The minimum absolute atomic E-state index is 0. The average Bonchev–Trinajstić information content (AvgIpc) is 2.77. The second-order valence-electron chi connectivity index (χ2n) is 6.95. The summed E-state index contributed by atoms with van der Waals surface area (Å²) in [6, 6.07) is 21.0.